The predicted octanol–water partition coefficient (Wildman–Crippen LogP) is 3.41. The smallest absolute Gasteiger partial charge is 0.231 e. The fraction of sp³-hybridized carbons (Fsp3) is 0.136. The summed E-state index contributed by atoms with van der Waals surface area (Å²) in [5, 5.41) is 28.1. The first-order chi connectivity index (χ1) is 13.6. The lowest BCUT2D eigenvalue weighted by Gasteiger charge is -2.17. The Kier molecular flexibility index (Phi) is 5.86. The molecule has 0 unspecified atom stereocenters. The quantitative estimate of drug-likeness (QED) is 0.617. The van der Waals surface area contributed by atoms with E-state index in [2.05, 4.69) is 0 Å². The number of Topliss-reactive ketones (excluding diaryl/α,β-unsaturated/α-hetero) is 1. The van der Waals surface area contributed by atoms with Crippen molar-refractivity contribution in [3.63, 3.8) is 0 Å². The second-order valence-electron chi connectivity index (χ2n) is 6.13. The number of ether oxygens (including phenoxy) is 1. The summed E-state index contributed by atoms with van der Waals surface area (Å²) in [5.41, 5.74) is 1.72. The van der Waals surface area contributed by atoms with Crippen LogP contribution in [0.5, 0.6) is 11.5 Å². The maximum Gasteiger partial charge on any atom is 0.231 e. The normalized spacial score (nSPS) is 14.1. The number of rotatable bonds is 6. The molecular weight excluding hydrogens is 354 g/mol. The molecule has 0 aromatic heterocycles. The Morgan fingerprint density at radius 3 is 2.46 bits per heavy atom. The van der Waals surface area contributed by atoms with Crippen LogP contribution < -0.4 is 4.74 Å². The van der Waals surface area contributed by atoms with Crippen LogP contribution in [-0.4, -0.2) is 28.9 Å². The topological polar surface area (TPSA) is 97.3 Å². The number of phenolic OH excluding ortho intramolecular Hbond substituents is 1. The Morgan fingerprint density at radius 2 is 1.79 bits per heavy atom. The summed E-state index contributed by atoms with van der Waals surface area (Å²) >= 11 is 0. The highest BCUT2D eigenvalue weighted by Crippen LogP contribution is 2.39. The fourth-order valence-electron chi connectivity index (χ4n) is 2.87. The van der Waals surface area contributed by atoms with Gasteiger partial charge < -0.3 is 9.84 Å². The van der Waals surface area contributed by atoms with Crippen molar-refractivity contribution >= 4 is 11.9 Å². The summed E-state index contributed by atoms with van der Waals surface area (Å²) in [6.45, 7) is 0.163. The lowest BCUT2D eigenvalue weighted by atomic mass is 10.0. The zero-order valence-electron chi connectivity index (χ0n) is 15.0. The summed E-state index contributed by atoms with van der Waals surface area (Å²) in [4.78, 5) is 14.2. The summed E-state index contributed by atoms with van der Waals surface area (Å²) in [6, 6.07) is 16.6. The van der Waals surface area contributed by atoms with E-state index in [0.29, 0.717) is 11.1 Å². The van der Waals surface area contributed by atoms with E-state index >= 15 is 0 Å². The van der Waals surface area contributed by atoms with E-state index in [4.69, 9.17) is 15.3 Å². The number of ketones is 1. The van der Waals surface area contributed by atoms with Crippen molar-refractivity contribution in [2.75, 3.05) is 13.1 Å². The molecule has 3 rings (SSSR count). The second kappa shape index (κ2) is 8.68. The molecule has 0 fully saturated rings. The number of benzene rings is 2. The third-order valence-electron chi connectivity index (χ3n) is 4.22. The second-order valence-corrected chi connectivity index (χ2v) is 6.13. The van der Waals surface area contributed by atoms with Crippen molar-refractivity contribution in [1.82, 2.24) is 4.90 Å². The Balaban J connectivity index is 1.86. The van der Waals surface area contributed by atoms with E-state index < -0.39 is 0 Å². The monoisotopic (exact) mass is 371 g/mol. The van der Waals surface area contributed by atoms with Crippen LogP contribution in [0.1, 0.15) is 21.5 Å². The zero-order chi connectivity index (χ0) is 19.9. The van der Waals surface area contributed by atoms with Crippen molar-refractivity contribution < 1.29 is 14.6 Å². The Morgan fingerprint density at radius 1 is 1.07 bits per heavy atom. The Labute approximate surface area is 162 Å². The molecule has 0 bridgehead atoms. The predicted molar refractivity (Wildman–Crippen MR) is 103 cm³/mol. The first-order valence-corrected chi connectivity index (χ1v) is 8.61. The van der Waals surface area contributed by atoms with Crippen LogP contribution in [0, 0.1) is 22.7 Å². The van der Waals surface area contributed by atoms with Crippen LogP contribution in [0.15, 0.2) is 60.4 Å². The first-order valence-electron chi connectivity index (χ1n) is 8.61. The van der Waals surface area contributed by atoms with Gasteiger partial charge in [0.05, 0.1) is 36.4 Å². The molecule has 0 radical (unpaired) electrons. The van der Waals surface area contributed by atoms with Crippen molar-refractivity contribution in [3.05, 3.63) is 77.1 Å². The standard InChI is InChI=1S/C22H17N3O3/c23-11-13-25(14-12-24)15-18-19(26)10-9-17-21(27)20(28-22(17)18)8-4-7-16-5-2-1-3-6-16/h1-10,26H,13-15H2. The summed E-state index contributed by atoms with van der Waals surface area (Å²) < 4.78 is 5.73. The molecule has 1 aliphatic heterocycles. The lowest BCUT2D eigenvalue weighted by molar-refractivity contribution is 0.101. The summed E-state index contributed by atoms with van der Waals surface area (Å²) in [6.07, 6.45) is 5.16. The largest absolute Gasteiger partial charge is 0.507 e. The average Bonchev–Trinajstić information content (AvgIpc) is 3.01. The molecule has 2 aromatic rings. The molecule has 0 atom stereocenters. The van der Waals surface area contributed by atoms with E-state index in [1.807, 2.05) is 48.5 Å². The van der Waals surface area contributed by atoms with Crippen LogP contribution in [0.3, 0.4) is 0 Å². The molecule has 28 heavy (non-hydrogen) atoms. The molecule has 0 amide bonds. The van der Waals surface area contributed by atoms with Gasteiger partial charge in [0.1, 0.15) is 11.5 Å². The fourth-order valence-corrected chi connectivity index (χ4v) is 2.87. The van der Waals surface area contributed by atoms with E-state index in [9.17, 15) is 9.90 Å². The highest BCUT2D eigenvalue weighted by Gasteiger charge is 2.31. The van der Waals surface area contributed by atoms with E-state index in [1.165, 1.54) is 12.1 Å². The molecule has 0 spiro atoms. The van der Waals surface area contributed by atoms with E-state index in [0.717, 1.165) is 5.56 Å². The molecule has 1 aliphatic rings. The lowest BCUT2D eigenvalue weighted by Crippen LogP contribution is -2.24. The minimum atomic E-state index is -0.277. The third kappa shape index (κ3) is 4.09. The van der Waals surface area contributed by atoms with E-state index in [1.54, 1.807) is 17.1 Å². The summed E-state index contributed by atoms with van der Waals surface area (Å²) in [5.74, 6) is 0.0981. The number of hydrogen-bond donors (Lipinski definition) is 1. The Bertz CT molecular complexity index is 1010. The summed E-state index contributed by atoms with van der Waals surface area (Å²) in [7, 11) is 0. The number of fused-ring (bicyclic) bond motifs is 1. The number of hydrogen-bond acceptors (Lipinski definition) is 6. The molecule has 1 heterocycles. The van der Waals surface area contributed by atoms with Crippen molar-refractivity contribution in [2.24, 2.45) is 0 Å². The van der Waals surface area contributed by atoms with Gasteiger partial charge in [-0.2, -0.15) is 10.5 Å². The molecule has 138 valence electrons. The molecule has 6 heteroatoms. The average molecular weight is 371 g/mol. The number of allylic oxidation sites excluding steroid dienone is 3. The van der Waals surface area contributed by atoms with Gasteiger partial charge in [0.15, 0.2) is 5.76 Å². The van der Waals surface area contributed by atoms with Crippen molar-refractivity contribution in [2.45, 2.75) is 6.54 Å². The number of nitrogens with zero attached hydrogens (tertiary/aromatic N) is 3. The maximum absolute atomic E-state index is 12.6. The highest BCUT2D eigenvalue weighted by molar-refractivity contribution is 6.12. The van der Waals surface area contributed by atoms with Crippen molar-refractivity contribution in [3.8, 4) is 23.6 Å². The molecule has 0 saturated carbocycles. The maximum atomic E-state index is 12.6. The van der Waals surface area contributed by atoms with Gasteiger partial charge in [-0.15, -0.1) is 0 Å². The first kappa shape index (κ1) is 18.9. The van der Waals surface area contributed by atoms with Crippen LogP contribution in [0.4, 0.5) is 0 Å². The molecule has 0 saturated heterocycles. The number of carbonyl (C=O) groups is 1. The number of aromatic hydroxyl groups is 1. The van der Waals surface area contributed by atoms with Crippen LogP contribution in [-0.2, 0) is 6.54 Å². The number of nitriles is 2. The zero-order valence-corrected chi connectivity index (χ0v) is 15.0. The number of carbonyl (C=O) groups excluding carboxylic acids is 1. The van der Waals surface area contributed by atoms with Gasteiger partial charge in [-0.25, -0.2) is 0 Å². The van der Waals surface area contributed by atoms with Gasteiger partial charge in [-0.05, 0) is 23.8 Å². The molecule has 2 aromatic carbocycles. The van der Waals surface area contributed by atoms with Crippen LogP contribution in [0.2, 0.25) is 0 Å². The minimum Gasteiger partial charge on any atom is -0.507 e. The number of phenols is 1. The van der Waals surface area contributed by atoms with Crippen molar-refractivity contribution in [1.29, 1.82) is 10.5 Å². The van der Waals surface area contributed by atoms with E-state index in [-0.39, 0.29) is 42.7 Å². The van der Waals surface area contributed by atoms with Gasteiger partial charge in [0, 0.05) is 6.54 Å². The van der Waals surface area contributed by atoms with Gasteiger partial charge in [0.25, 0.3) is 0 Å². The van der Waals surface area contributed by atoms with Crippen LogP contribution in [0.25, 0.3) is 6.08 Å². The Hall–Kier alpha value is -3.87. The SMILES string of the molecule is N#CCN(CC#N)Cc1c(O)ccc2c1OC(=CC=Cc1ccccc1)C2=O. The third-order valence-corrected chi connectivity index (χ3v) is 4.22. The molecule has 0 aliphatic carbocycles. The van der Waals surface area contributed by atoms with Gasteiger partial charge in [-0.3, -0.25) is 9.69 Å². The van der Waals surface area contributed by atoms with Crippen LogP contribution >= 0.6 is 0 Å². The molecule has 6 nitrogen and oxygen atoms in total. The van der Waals surface area contributed by atoms with Gasteiger partial charge >= 0.3 is 0 Å². The minimum absolute atomic E-state index is 0.0210. The van der Waals surface area contributed by atoms with Gasteiger partial charge in [0.2, 0.25) is 5.78 Å². The highest BCUT2D eigenvalue weighted by atomic mass is 16.5. The molecular formula is C22H17N3O3. The molecule has 1 N–H and O–H groups in total. The van der Waals surface area contributed by atoms with Gasteiger partial charge in [-0.1, -0.05) is 42.5 Å².